The summed E-state index contributed by atoms with van der Waals surface area (Å²) in [5.74, 6) is 0.703. The summed E-state index contributed by atoms with van der Waals surface area (Å²) in [6.07, 6.45) is 0. The molecule has 0 saturated heterocycles. The number of hydrogen-bond acceptors (Lipinski definition) is 2. The smallest absolute Gasteiger partial charge is 0.160 e. The highest BCUT2D eigenvalue weighted by Crippen LogP contribution is 2.63. The first-order chi connectivity index (χ1) is 30.2. The standard InChI is InChI=1S/C59H38N2/c1-4-17-40(18-5-1)49-36-51-48-27-12-15-30-54(48)59(52-28-13-10-25-46(52)47-26-11-14-29-53(47)59)55(51)37-50(49)41-33-31-39(32-34-41)44-23-16-24-45(35-44)58-60-56(42-19-6-2-7-20-42)38-57(61-58)43-21-8-3-9-22-43/h1-38H. The SMILES string of the molecule is c1ccc(-c2cc(-c3ccccc3)nc(-c3cccc(-c4ccc(-c5cc6c(cc5-c5ccccc5)-c5ccccc5C65c6ccccc6-c6ccccc65)cc4)c3)n2)cc1. The van der Waals surface area contributed by atoms with Crippen LogP contribution in [0.2, 0.25) is 0 Å². The number of benzene rings is 9. The van der Waals surface area contributed by atoms with Gasteiger partial charge in [-0.3, -0.25) is 0 Å². The fraction of sp³-hybridized carbons (Fsp3) is 0.0169. The Hall–Kier alpha value is -7.94. The third-order valence-corrected chi connectivity index (χ3v) is 12.7. The van der Waals surface area contributed by atoms with Crippen molar-refractivity contribution in [2.45, 2.75) is 5.41 Å². The summed E-state index contributed by atoms with van der Waals surface area (Å²) >= 11 is 0. The molecule has 2 aliphatic carbocycles. The maximum absolute atomic E-state index is 5.12. The molecule has 2 heteroatoms. The molecule has 0 N–H and O–H groups in total. The largest absolute Gasteiger partial charge is 0.228 e. The highest BCUT2D eigenvalue weighted by Gasteiger charge is 2.51. The predicted octanol–water partition coefficient (Wildman–Crippen LogP) is 14.8. The van der Waals surface area contributed by atoms with Gasteiger partial charge < -0.3 is 0 Å². The first-order valence-corrected chi connectivity index (χ1v) is 21.0. The Morgan fingerprint density at radius 2 is 0.639 bits per heavy atom. The molecular formula is C59H38N2. The quantitative estimate of drug-likeness (QED) is 0.168. The van der Waals surface area contributed by atoms with Crippen molar-refractivity contribution in [2.75, 3.05) is 0 Å². The first-order valence-electron chi connectivity index (χ1n) is 21.0. The van der Waals surface area contributed by atoms with Gasteiger partial charge in [-0.2, -0.15) is 0 Å². The highest BCUT2D eigenvalue weighted by molar-refractivity contribution is 5.99. The molecule has 1 spiro atoms. The lowest BCUT2D eigenvalue weighted by Gasteiger charge is -2.31. The number of rotatable bonds is 6. The van der Waals surface area contributed by atoms with E-state index in [0.29, 0.717) is 5.82 Å². The molecule has 0 aliphatic heterocycles. The lowest BCUT2D eigenvalue weighted by Crippen LogP contribution is -2.25. The summed E-state index contributed by atoms with van der Waals surface area (Å²) in [6.45, 7) is 0. The second-order valence-corrected chi connectivity index (χ2v) is 16.0. The lowest BCUT2D eigenvalue weighted by atomic mass is 9.70. The number of hydrogen-bond donors (Lipinski definition) is 0. The minimum absolute atomic E-state index is 0.413. The van der Waals surface area contributed by atoms with Crippen LogP contribution in [0.25, 0.3) is 89.5 Å². The van der Waals surface area contributed by atoms with Gasteiger partial charge in [0.2, 0.25) is 0 Å². The molecule has 0 unspecified atom stereocenters. The van der Waals surface area contributed by atoms with Crippen LogP contribution in [0.15, 0.2) is 231 Å². The van der Waals surface area contributed by atoms with Gasteiger partial charge in [-0.15, -0.1) is 0 Å². The van der Waals surface area contributed by atoms with E-state index in [0.717, 1.165) is 39.2 Å². The van der Waals surface area contributed by atoms with Gasteiger partial charge in [0.15, 0.2) is 5.82 Å². The molecule has 0 bridgehead atoms. The van der Waals surface area contributed by atoms with E-state index in [1.807, 2.05) is 12.1 Å². The van der Waals surface area contributed by atoms with E-state index in [2.05, 4.69) is 218 Å². The van der Waals surface area contributed by atoms with E-state index in [1.54, 1.807) is 0 Å². The molecule has 0 radical (unpaired) electrons. The van der Waals surface area contributed by atoms with E-state index in [-0.39, 0.29) is 0 Å². The summed E-state index contributed by atoms with van der Waals surface area (Å²) in [5.41, 5.74) is 22.2. The molecule has 0 saturated carbocycles. The van der Waals surface area contributed by atoms with Crippen molar-refractivity contribution in [3.63, 3.8) is 0 Å². The summed E-state index contributed by atoms with van der Waals surface area (Å²) in [6, 6.07) is 83.5. The lowest BCUT2D eigenvalue weighted by molar-refractivity contribution is 0.794. The van der Waals surface area contributed by atoms with Crippen LogP contribution in [0.1, 0.15) is 22.3 Å². The fourth-order valence-corrected chi connectivity index (χ4v) is 10.0. The zero-order chi connectivity index (χ0) is 40.3. The summed E-state index contributed by atoms with van der Waals surface area (Å²) in [4.78, 5) is 10.2. The number of nitrogens with zero attached hydrogens (tertiary/aromatic N) is 2. The molecule has 61 heavy (non-hydrogen) atoms. The van der Waals surface area contributed by atoms with Gasteiger partial charge in [0, 0.05) is 16.7 Å². The van der Waals surface area contributed by atoms with Crippen molar-refractivity contribution in [1.29, 1.82) is 0 Å². The Bertz CT molecular complexity index is 3170. The number of aromatic nitrogens is 2. The molecule has 0 atom stereocenters. The van der Waals surface area contributed by atoms with Crippen molar-refractivity contribution in [3.05, 3.63) is 253 Å². The van der Waals surface area contributed by atoms with Crippen LogP contribution in [-0.2, 0) is 5.41 Å². The van der Waals surface area contributed by atoms with Gasteiger partial charge in [-0.25, -0.2) is 9.97 Å². The predicted molar refractivity (Wildman–Crippen MR) is 251 cm³/mol. The number of fused-ring (bicyclic) bond motifs is 10. The van der Waals surface area contributed by atoms with Gasteiger partial charge in [-0.05, 0) is 102 Å². The van der Waals surface area contributed by atoms with Crippen LogP contribution in [-0.4, -0.2) is 9.97 Å². The minimum atomic E-state index is -0.413. The Kier molecular flexibility index (Phi) is 8.11. The normalized spacial score (nSPS) is 12.7. The molecule has 1 aromatic heterocycles. The van der Waals surface area contributed by atoms with Crippen molar-refractivity contribution in [3.8, 4) is 89.5 Å². The average molecular weight is 775 g/mol. The third-order valence-electron chi connectivity index (χ3n) is 12.7. The molecule has 9 aromatic carbocycles. The van der Waals surface area contributed by atoms with Crippen LogP contribution in [0, 0.1) is 0 Å². The Labute approximate surface area is 356 Å². The van der Waals surface area contributed by atoms with Crippen molar-refractivity contribution in [2.24, 2.45) is 0 Å². The summed E-state index contributed by atoms with van der Waals surface area (Å²) in [5, 5.41) is 0. The van der Waals surface area contributed by atoms with Crippen LogP contribution < -0.4 is 0 Å². The van der Waals surface area contributed by atoms with Gasteiger partial charge >= 0.3 is 0 Å². The molecule has 0 fully saturated rings. The molecular weight excluding hydrogens is 737 g/mol. The second-order valence-electron chi connectivity index (χ2n) is 16.0. The van der Waals surface area contributed by atoms with Gasteiger partial charge in [0.25, 0.3) is 0 Å². The van der Waals surface area contributed by atoms with E-state index in [9.17, 15) is 0 Å². The zero-order valence-electron chi connectivity index (χ0n) is 33.3. The molecule has 12 rings (SSSR count). The average Bonchev–Trinajstić information content (AvgIpc) is 3.81. The Morgan fingerprint density at radius 1 is 0.230 bits per heavy atom. The highest BCUT2D eigenvalue weighted by atomic mass is 14.9. The van der Waals surface area contributed by atoms with Gasteiger partial charge in [0.1, 0.15) is 0 Å². The minimum Gasteiger partial charge on any atom is -0.228 e. The van der Waals surface area contributed by atoms with Crippen molar-refractivity contribution in [1.82, 2.24) is 9.97 Å². The Balaban J connectivity index is 0.995. The second kappa shape index (κ2) is 14.1. The van der Waals surface area contributed by atoms with E-state index in [4.69, 9.17) is 9.97 Å². The monoisotopic (exact) mass is 774 g/mol. The third kappa shape index (κ3) is 5.57. The molecule has 2 aliphatic rings. The van der Waals surface area contributed by atoms with E-state index in [1.165, 1.54) is 66.8 Å². The Morgan fingerprint density at radius 3 is 1.20 bits per heavy atom. The van der Waals surface area contributed by atoms with Crippen molar-refractivity contribution >= 4 is 0 Å². The first kappa shape index (κ1) is 35.0. The molecule has 10 aromatic rings. The molecule has 284 valence electrons. The maximum Gasteiger partial charge on any atom is 0.160 e. The van der Waals surface area contributed by atoms with Gasteiger partial charge in [0.05, 0.1) is 16.8 Å². The molecule has 2 nitrogen and oxygen atoms in total. The fourth-order valence-electron chi connectivity index (χ4n) is 10.0. The van der Waals surface area contributed by atoms with Gasteiger partial charge in [-0.1, -0.05) is 206 Å². The topological polar surface area (TPSA) is 25.8 Å². The summed E-state index contributed by atoms with van der Waals surface area (Å²) in [7, 11) is 0. The van der Waals surface area contributed by atoms with Crippen molar-refractivity contribution < 1.29 is 0 Å². The van der Waals surface area contributed by atoms with Crippen LogP contribution in [0.4, 0.5) is 0 Å². The van der Waals surface area contributed by atoms with E-state index < -0.39 is 5.41 Å². The molecule has 1 heterocycles. The summed E-state index contributed by atoms with van der Waals surface area (Å²) < 4.78 is 0. The zero-order valence-corrected chi connectivity index (χ0v) is 33.3. The molecule has 0 amide bonds. The van der Waals surface area contributed by atoms with E-state index >= 15 is 0 Å². The maximum atomic E-state index is 5.12. The van der Waals surface area contributed by atoms with Crippen LogP contribution >= 0.6 is 0 Å². The van der Waals surface area contributed by atoms with Crippen LogP contribution in [0.5, 0.6) is 0 Å². The van der Waals surface area contributed by atoms with Crippen LogP contribution in [0.3, 0.4) is 0 Å².